The minimum atomic E-state index is -0.784. The highest BCUT2D eigenvalue weighted by atomic mass is 16.6. The summed E-state index contributed by atoms with van der Waals surface area (Å²) in [5, 5.41) is 0. The second kappa shape index (κ2) is 70.6. The molecule has 0 aromatic carbocycles. The van der Waals surface area contributed by atoms with E-state index in [1.807, 2.05) is 0 Å². The highest BCUT2D eigenvalue weighted by Crippen LogP contribution is 2.18. The van der Waals surface area contributed by atoms with Crippen LogP contribution in [0.25, 0.3) is 0 Å². The summed E-state index contributed by atoms with van der Waals surface area (Å²) in [7, 11) is 0. The maximum Gasteiger partial charge on any atom is 0.306 e. The van der Waals surface area contributed by atoms with Crippen LogP contribution in [0.1, 0.15) is 387 Å². The van der Waals surface area contributed by atoms with Gasteiger partial charge in [-0.1, -0.05) is 319 Å². The average Bonchev–Trinajstić information content (AvgIpc) is 3.47. The van der Waals surface area contributed by atoms with Gasteiger partial charge in [-0.05, 0) is 109 Å². The molecule has 0 bridgehead atoms. The molecule has 0 fully saturated rings. The van der Waals surface area contributed by atoms with E-state index in [1.54, 1.807) is 0 Å². The molecule has 0 heterocycles. The van der Waals surface area contributed by atoms with Crippen molar-refractivity contribution in [2.24, 2.45) is 0 Å². The second-order valence-electron chi connectivity index (χ2n) is 24.5. The van der Waals surface area contributed by atoms with Crippen LogP contribution in [0.2, 0.25) is 0 Å². The van der Waals surface area contributed by atoms with E-state index in [-0.39, 0.29) is 31.1 Å². The molecule has 0 rings (SSSR count). The van der Waals surface area contributed by atoms with E-state index < -0.39 is 6.10 Å². The predicted octanol–water partition coefficient (Wildman–Crippen LogP) is 25.1. The summed E-state index contributed by atoms with van der Waals surface area (Å²) >= 11 is 0. The van der Waals surface area contributed by atoms with E-state index in [0.717, 1.165) is 89.9 Å². The van der Waals surface area contributed by atoms with E-state index in [4.69, 9.17) is 14.2 Å². The zero-order chi connectivity index (χ0) is 59.2. The first kappa shape index (κ1) is 79.1. The fraction of sp³-hybridized carbons (Fsp3) is 0.829. The molecule has 6 heteroatoms. The smallest absolute Gasteiger partial charge is 0.306 e. The van der Waals surface area contributed by atoms with Gasteiger partial charge in [0.05, 0.1) is 0 Å². The summed E-state index contributed by atoms with van der Waals surface area (Å²) in [6.45, 7) is 6.64. The van der Waals surface area contributed by atoms with Crippen LogP contribution in [0.3, 0.4) is 0 Å². The third kappa shape index (κ3) is 67.9. The van der Waals surface area contributed by atoms with Gasteiger partial charge in [0.1, 0.15) is 13.2 Å². The van der Waals surface area contributed by atoms with Crippen molar-refractivity contribution in [2.75, 3.05) is 13.2 Å². The third-order valence-corrected chi connectivity index (χ3v) is 16.2. The number of hydrogen-bond acceptors (Lipinski definition) is 6. The summed E-state index contributed by atoms with van der Waals surface area (Å²) in [5.74, 6) is -0.878. The molecule has 0 saturated carbocycles. The van der Waals surface area contributed by atoms with Crippen LogP contribution >= 0.6 is 0 Å². The molecule has 0 aliphatic carbocycles. The number of carbonyl (C=O) groups excluding carboxylic acids is 3. The van der Waals surface area contributed by atoms with Gasteiger partial charge in [0.15, 0.2) is 6.10 Å². The fourth-order valence-electron chi connectivity index (χ4n) is 10.7. The highest BCUT2D eigenvalue weighted by Gasteiger charge is 2.19. The standard InChI is InChI=1S/C76H138O6/c1-4-7-10-13-16-19-22-25-28-30-31-32-33-34-35-36-37-38-39-40-41-42-43-44-45-46-49-51-54-57-60-63-66-69-75(78)81-72-73(71-80-74(77)68-65-62-59-56-53-50-47-27-24-21-18-15-12-9-6-3)82-76(79)70-67-64-61-58-55-52-48-29-26-23-20-17-14-11-8-5-2/h18,21-22,25,27,29-31,47-48,73H,4-17,19-20,23-24,26,28,32-46,49-72H2,1-3H3/b21-18-,25-22-,31-30-,47-27-,48-29-. The molecule has 0 radical (unpaired) electrons. The lowest BCUT2D eigenvalue weighted by molar-refractivity contribution is -0.167. The Morgan fingerprint density at radius 2 is 0.439 bits per heavy atom. The topological polar surface area (TPSA) is 78.9 Å². The first-order valence-corrected chi connectivity index (χ1v) is 36.3. The number of allylic oxidation sites excluding steroid dienone is 10. The Bertz CT molecular complexity index is 1460. The molecule has 0 aromatic heterocycles. The van der Waals surface area contributed by atoms with Crippen LogP contribution in [0.4, 0.5) is 0 Å². The van der Waals surface area contributed by atoms with Crippen molar-refractivity contribution in [2.45, 2.75) is 393 Å². The molecular weight excluding hydrogens is 1010 g/mol. The van der Waals surface area contributed by atoms with E-state index in [1.165, 1.54) is 257 Å². The van der Waals surface area contributed by atoms with Crippen molar-refractivity contribution >= 4 is 17.9 Å². The van der Waals surface area contributed by atoms with Crippen molar-refractivity contribution in [3.63, 3.8) is 0 Å². The van der Waals surface area contributed by atoms with Gasteiger partial charge >= 0.3 is 17.9 Å². The summed E-state index contributed by atoms with van der Waals surface area (Å²) in [6, 6.07) is 0. The van der Waals surface area contributed by atoms with Gasteiger partial charge in [0.2, 0.25) is 0 Å². The predicted molar refractivity (Wildman–Crippen MR) is 358 cm³/mol. The van der Waals surface area contributed by atoms with Crippen molar-refractivity contribution < 1.29 is 28.6 Å². The second-order valence-corrected chi connectivity index (χ2v) is 24.5. The minimum Gasteiger partial charge on any atom is -0.462 e. The Labute approximate surface area is 510 Å². The Morgan fingerprint density at radius 3 is 0.707 bits per heavy atom. The molecule has 0 spiro atoms. The van der Waals surface area contributed by atoms with Crippen LogP contribution in [-0.4, -0.2) is 37.2 Å². The van der Waals surface area contributed by atoms with Crippen molar-refractivity contribution in [3.05, 3.63) is 60.8 Å². The first-order valence-electron chi connectivity index (χ1n) is 36.3. The van der Waals surface area contributed by atoms with Crippen LogP contribution in [-0.2, 0) is 28.6 Å². The molecule has 1 unspecified atom stereocenters. The highest BCUT2D eigenvalue weighted by molar-refractivity contribution is 5.71. The Balaban J connectivity index is 4.15. The monoisotopic (exact) mass is 1150 g/mol. The Kier molecular flexibility index (Phi) is 68.1. The fourth-order valence-corrected chi connectivity index (χ4v) is 10.7. The van der Waals surface area contributed by atoms with Gasteiger partial charge in [0, 0.05) is 19.3 Å². The zero-order valence-electron chi connectivity index (χ0n) is 55.0. The SMILES string of the molecule is CCCCC/C=C\C/C=C\CCCCCCCC(=O)OCC(COC(=O)CCCCCCCCCCCCCCCCCCCCCCC/C=C\C/C=C\CCCCCCC)OC(=O)CCCCCCC/C=C\CCCCCCCCC. The zero-order valence-corrected chi connectivity index (χ0v) is 55.0. The lowest BCUT2D eigenvalue weighted by atomic mass is 10.0. The summed E-state index contributed by atoms with van der Waals surface area (Å²) in [4.78, 5) is 38.4. The molecule has 0 N–H and O–H groups in total. The third-order valence-electron chi connectivity index (χ3n) is 16.2. The molecule has 82 heavy (non-hydrogen) atoms. The number of unbranched alkanes of at least 4 members (excludes halogenated alkanes) is 46. The average molecular weight is 1150 g/mol. The van der Waals surface area contributed by atoms with Crippen LogP contribution in [0.15, 0.2) is 60.8 Å². The first-order chi connectivity index (χ1) is 40.5. The lowest BCUT2D eigenvalue weighted by Crippen LogP contribution is -2.30. The molecule has 0 aliphatic heterocycles. The van der Waals surface area contributed by atoms with Crippen molar-refractivity contribution in [3.8, 4) is 0 Å². The summed E-state index contributed by atoms with van der Waals surface area (Å²) < 4.78 is 17.0. The molecule has 1 atom stereocenters. The molecule has 0 aliphatic rings. The maximum absolute atomic E-state index is 12.9. The summed E-state index contributed by atoms with van der Waals surface area (Å²) in [6.07, 6.45) is 91.2. The summed E-state index contributed by atoms with van der Waals surface area (Å²) in [5.41, 5.74) is 0. The lowest BCUT2D eigenvalue weighted by Gasteiger charge is -2.18. The molecule has 0 aromatic rings. The van der Waals surface area contributed by atoms with E-state index >= 15 is 0 Å². The minimum absolute atomic E-state index is 0.0781. The van der Waals surface area contributed by atoms with Crippen molar-refractivity contribution in [1.82, 2.24) is 0 Å². The Hall–Kier alpha value is -2.89. The maximum atomic E-state index is 12.9. The van der Waals surface area contributed by atoms with Crippen molar-refractivity contribution in [1.29, 1.82) is 0 Å². The van der Waals surface area contributed by atoms with E-state index in [0.29, 0.717) is 19.3 Å². The number of ether oxygens (including phenoxy) is 3. The quantitative estimate of drug-likeness (QED) is 0.0261. The number of carbonyl (C=O) groups is 3. The van der Waals surface area contributed by atoms with Gasteiger partial charge < -0.3 is 14.2 Å². The van der Waals surface area contributed by atoms with E-state index in [2.05, 4.69) is 81.5 Å². The van der Waals surface area contributed by atoms with Gasteiger partial charge in [-0.25, -0.2) is 0 Å². The molecular formula is C76H138O6. The number of hydrogen-bond donors (Lipinski definition) is 0. The van der Waals surface area contributed by atoms with Crippen LogP contribution in [0.5, 0.6) is 0 Å². The number of rotatable bonds is 67. The van der Waals surface area contributed by atoms with Crippen LogP contribution in [0, 0.1) is 0 Å². The van der Waals surface area contributed by atoms with Gasteiger partial charge in [0.25, 0.3) is 0 Å². The van der Waals surface area contributed by atoms with Gasteiger partial charge in [-0.3, -0.25) is 14.4 Å². The Morgan fingerprint density at radius 1 is 0.244 bits per heavy atom. The molecule has 0 amide bonds. The molecule has 0 saturated heterocycles. The van der Waals surface area contributed by atoms with E-state index in [9.17, 15) is 14.4 Å². The number of esters is 3. The van der Waals surface area contributed by atoms with Gasteiger partial charge in [-0.2, -0.15) is 0 Å². The van der Waals surface area contributed by atoms with Crippen LogP contribution < -0.4 is 0 Å². The molecule has 6 nitrogen and oxygen atoms in total. The molecule has 478 valence electrons. The van der Waals surface area contributed by atoms with Gasteiger partial charge in [-0.15, -0.1) is 0 Å². The largest absolute Gasteiger partial charge is 0.462 e. The normalized spacial score (nSPS) is 12.4.